The third kappa shape index (κ3) is 5.64. The normalized spacial score (nSPS) is 10.3. The number of nitrogens with one attached hydrogen (secondary N) is 3. The summed E-state index contributed by atoms with van der Waals surface area (Å²) in [5, 5.41) is 4.46. The predicted octanol–water partition coefficient (Wildman–Crippen LogP) is 3.47. The van der Waals surface area contributed by atoms with Crippen LogP contribution in [0.1, 0.15) is 15.9 Å². The first-order chi connectivity index (χ1) is 13.9. The van der Waals surface area contributed by atoms with E-state index >= 15 is 0 Å². The van der Waals surface area contributed by atoms with Gasteiger partial charge in [-0.1, -0.05) is 42.5 Å². The standard InChI is InChI=1S/C21H18IN3O3S/c1-13-9-10-15(11-17(13)22)20(27)23-21(29)25-24-19(26)12-28-18-8-4-6-14-5-2-3-7-16(14)18/h2-11H,12H2,1H3,(H,24,26)(H2,23,25,27,29). The van der Waals surface area contributed by atoms with Crippen LogP contribution in [0.15, 0.2) is 60.7 Å². The van der Waals surface area contributed by atoms with Crippen molar-refractivity contribution in [1.29, 1.82) is 0 Å². The molecule has 0 bridgehead atoms. The Kier molecular flexibility index (Phi) is 6.99. The molecule has 0 aromatic heterocycles. The number of thiocarbonyl (C=S) groups is 1. The molecule has 0 saturated heterocycles. The minimum Gasteiger partial charge on any atom is -0.483 e. The summed E-state index contributed by atoms with van der Waals surface area (Å²) in [5.41, 5.74) is 6.47. The first-order valence-corrected chi connectivity index (χ1v) is 10.2. The number of rotatable bonds is 4. The Morgan fingerprint density at radius 3 is 2.59 bits per heavy atom. The van der Waals surface area contributed by atoms with Gasteiger partial charge < -0.3 is 4.74 Å². The van der Waals surface area contributed by atoms with Crippen molar-refractivity contribution in [3.05, 3.63) is 75.4 Å². The van der Waals surface area contributed by atoms with E-state index in [9.17, 15) is 9.59 Å². The molecule has 2 amide bonds. The van der Waals surface area contributed by atoms with E-state index in [4.69, 9.17) is 17.0 Å². The number of carbonyl (C=O) groups excluding carboxylic acids is 2. The van der Waals surface area contributed by atoms with Gasteiger partial charge >= 0.3 is 0 Å². The molecule has 0 unspecified atom stereocenters. The van der Waals surface area contributed by atoms with E-state index in [1.165, 1.54) is 0 Å². The van der Waals surface area contributed by atoms with E-state index in [2.05, 4.69) is 38.8 Å². The van der Waals surface area contributed by atoms with Crippen molar-refractivity contribution in [2.75, 3.05) is 6.61 Å². The molecule has 0 aliphatic carbocycles. The number of aryl methyl sites for hydroxylation is 1. The highest BCUT2D eigenvalue weighted by Gasteiger charge is 2.10. The Morgan fingerprint density at radius 2 is 1.79 bits per heavy atom. The number of hydrazine groups is 1. The van der Waals surface area contributed by atoms with Crippen molar-refractivity contribution in [2.24, 2.45) is 0 Å². The largest absolute Gasteiger partial charge is 0.483 e. The molecule has 0 saturated carbocycles. The maximum absolute atomic E-state index is 12.2. The molecule has 6 nitrogen and oxygen atoms in total. The molecule has 0 aliphatic rings. The van der Waals surface area contributed by atoms with Gasteiger partial charge in [0.25, 0.3) is 11.8 Å². The van der Waals surface area contributed by atoms with E-state index < -0.39 is 5.91 Å². The van der Waals surface area contributed by atoms with Gasteiger partial charge in [0.15, 0.2) is 11.7 Å². The molecule has 0 fully saturated rings. The average Bonchev–Trinajstić information content (AvgIpc) is 2.72. The van der Waals surface area contributed by atoms with Crippen LogP contribution in [-0.4, -0.2) is 23.5 Å². The first kappa shape index (κ1) is 21.0. The molecule has 3 aromatic rings. The molecule has 0 spiro atoms. The fourth-order valence-corrected chi connectivity index (χ4v) is 3.23. The lowest BCUT2D eigenvalue weighted by molar-refractivity contribution is -0.123. The van der Waals surface area contributed by atoms with Gasteiger partial charge in [0.2, 0.25) is 0 Å². The Hall–Kier alpha value is -2.72. The van der Waals surface area contributed by atoms with Crippen LogP contribution in [0.2, 0.25) is 0 Å². The molecule has 0 atom stereocenters. The molecule has 0 aliphatic heterocycles. The number of benzene rings is 3. The molecule has 3 aromatic carbocycles. The van der Waals surface area contributed by atoms with E-state index in [-0.39, 0.29) is 17.6 Å². The highest BCUT2D eigenvalue weighted by molar-refractivity contribution is 14.1. The van der Waals surface area contributed by atoms with E-state index in [0.717, 1.165) is 19.9 Å². The lowest BCUT2D eigenvalue weighted by Crippen LogP contribution is -2.49. The third-order valence-electron chi connectivity index (χ3n) is 4.08. The number of halogens is 1. The molecular formula is C21H18IN3O3S. The zero-order valence-electron chi connectivity index (χ0n) is 15.5. The van der Waals surface area contributed by atoms with Crippen molar-refractivity contribution in [3.63, 3.8) is 0 Å². The second-order valence-corrected chi connectivity index (χ2v) is 7.76. The highest BCUT2D eigenvalue weighted by Crippen LogP contribution is 2.24. The number of fused-ring (bicyclic) bond motifs is 1. The summed E-state index contributed by atoms with van der Waals surface area (Å²) in [6.07, 6.45) is 0. The van der Waals surface area contributed by atoms with Gasteiger partial charge in [-0.15, -0.1) is 0 Å². The number of hydrogen-bond acceptors (Lipinski definition) is 4. The fourth-order valence-electron chi connectivity index (χ4n) is 2.57. The second-order valence-electron chi connectivity index (χ2n) is 6.19. The Labute approximate surface area is 187 Å². The number of hydrogen-bond donors (Lipinski definition) is 3. The first-order valence-electron chi connectivity index (χ1n) is 8.71. The highest BCUT2D eigenvalue weighted by atomic mass is 127. The van der Waals surface area contributed by atoms with Crippen LogP contribution in [0.4, 0.5) is 0 Å². The second kappa shape index (κ2) is 9.66. The Balaban J connectivity index is 1.48. The van der Waals surface area contributed by atoms with Crippen LogP contribution in [0, 0.1) is 10.5 Å². The van der Waals surface area contributed by atoms with Crippen molar-refractivity contribution >= 4 is 62.5 Å². The summed E-state index contributed by atoms with van der Waals surface area (Å²) in [5.74, 6) is -0.177. The predicted molar refractivity (Wildman–Crippen MR) is 125 cm³/mol. The zero-order valence-corrected chi connectivity index (χ0v) is 18.5. The quantitative estimate of drug-likeness (QED) is 0.280. The Bertz CT molecular complexity index is 1080. The summed E-state index contributed by atoms with van der Waals surface area (Å²) in [7, 11) is 0. The van der Waals surface area contributed by atoms with Gasteiger partial charge in [-0.05, 0) is 70.9 Å². The van der Waals surface area contributed by atoms with Gasteiger partial charge in [0.05, 0.1) is 0 Å². The smallest absolute Gasteiger partial charge is 0.276 e. The van der Waals surface area contributed by atoms with Gasteiger partial charge in [0, 0.05) is 14.5 Å². The van der Waals surface area contributed by atoms with E-state index in [1.807, 2.05) is 49.4 Å². The lowest BCUT2D eigenvalue weighted by atomic mass is 10.1. The minimum absolute atomic E-state index is 0.0101. The summed E-state index contributed by atoms with van der Waals surface area (Å²) in [6.45, 7) is 1.76. The van der Waals surface area contributed by atoms with Gasteiger partial charge in [-0.2, -0.15) is 0 Å². The minimum atomic E-state index is -0.431. The van der Waals surface area contributed by atoms with Crippen molar-refractivity contribution in [2.45, 2.75) is 6.92 Å². The molecule has 3 N–H and O–H groups in total. The van der Waals surface area contributed by atoms with Crippen LogP contribution >= 0.6 is 34.8 Å². The molecule has 148 valence electrons. The Morgan fingerprint density at radius 1 is 1.03 bits per heavy atom. The SMILES string of the molecule is Cc1ccc(C(=O)NC(=S)NNC(=O)COc2cccc3ccccc23)cc1I. The summed E-state index contributed by atoms with van der Waals surface area (Å²) in [4.78, 5) is 24.2. The van der Waals surface area contributed by atoms with Crippen LogP contribution in [0.25, 0.3) is 10.8 Å². The summed E-state index contributed by atoms with van der Waals surface area (Å²) >= 11 is 7.21. The van der Waals surface area contributed by atoms with Crippen LogP contribution in [0.5, 0.6) is 5.75 Å². The van der Waals surface area contributed by atoms with Crippen molar-refractivity contribution in [1.82, 2.24) is 16.2 Å². The van der Waals surface area contributed by atoms with E-state index in [1.54, 1.807) is 18.2 Å². The van der Waals surface area contributed by atoms with Gasteiger partial charge in [-0.3, -0.25) is 25.8 Å². The maximum Gasteiger partial charge on any atom is 0.276 e. The molecular weight excluding hydrogens is 501 g/mol. The van der Waals surface area contributed by atoms with Crippen LogP contribution < -0.4 is 20.9 Å². The summed E-state index contributed by atoms with van der Waals surface area (Å²) in [6, 6.07) is 18.7. The molecule has 8 heteroatoms. The zero-order chi connectivity index (χ0) is 20.8. The monoisotopic (exact) mass is 519 g/mol. The maximum atomic E-state index is 12.2. The van der Waals surface area contributed by atoms with Crippen LogP contribution in [0.3, 0.4) is 0 Å². The number of amides is 2. The lowest BCUT2D eigenvalue weighted by Gasteiger charge is -2.12. The van der Waals surface area contributed by atoms with Gasteiger partial charge in [-0.25, -0.2) is 0 Å². The fraction of sp³-hybridized carbons (Fsp3) is 0.0952. The van der Waals surface area contributed by atoms with Crippen molar-refractivity contribution in [3.8, 4) is 5.75 Å². The third-order valence-corrected chi connectivity index (χ3v) is 5.45. The summed E-state index contributed by atoms with van der Waals surface area (Å²) < 4.78 is 6.58. The molecule has 3 rings (SSSR count). The van der Waals surface area contributed by atoms with Gasteiger partial charge in [0.1, 0.15) is 5.75 Å². The number of ether oxygens (including phenoxy) is 1. The topological polar surface area (TPSA) is 79.5 Å². The van der Waals surface area contributed by atoms with Crippen LogP contribution in [-0.2, 0) is 4.79 Å². The number of carbonyl (C=O) groups is 2. The molecule has 29 heavy (non-hydrogen) atoms. The molecule has 0 radical (unpaired) electrons. The van der Waals surface area contributed by atoms with Crippen molar-refractivity contribution < 1.29 is 14.3 Å². The van der Waals surface area contributed by atoms with E-state index in [0.29, 0.717) is 11.3 Å². The average molecular weight is 519 g/mol. The molecule has 0 heterocycles.